The first-order chi connectivity index (χ1) is 9.65. The number of rotatable bonds is 3. The summed E-state index contributed by atoms with van der Waals surface area (Å²) in [4.78, 5) is 16.4. The molecule has 0 saturated heterocycles. The van der Waals surface area contributed by atoms with Gasteiger partial charge in [0.15, 0.2) is 0 Å². The number of thiazole rings is 1. The minimum Gasteiger partial charge on any atom is -0.478 e. The molecule has 0 saturated carbocycles. The van der Waals surface area contributed by atoms with Crippen molar-refractivity contribution in [2.24, 2.45) is 0 Å². The minimum absolute atomic E-state index is 0.306. The molecule has 3 rings (SSSR count). The zero-order valence-corrected chi connectivity index (χ0v) is 13.3. The quantitative estimate of drug-likeness (QED) is 0.710. The molecule has 0 spiro atoms. The van der Waals surface area contributed by atoms with Gasteiger partial charge in [-0.1, -0.05) is 34.1 Å². The Morgan fingerprint density at radius 2 is 2.00 bits per heavy atom. The van der Waals surface area contributed by atoms with Gasteiger partial charge < -0.3 is 5.11 Å². The number of hydrogen-bond donors (Lipinski definition) is 1. The highest BCUT2D eigenvalue weighted by molar-refractivity contribution is 9.10. The number of nitrogens with zero attached hydrogens (tertiary/aromatic N) is 1. The molecule has 1 aromatic carbocycles. The molecule has 0 aliphatic rings. The third-order valence-electron chi connectivity index (χ3n) is 2.71. The molecule has 0 unspecified atom stereocenters. The highest BCUT2D eigenvalue weighted by Crippen LogP contribution is 2.35. The summed E-state index contributed by atoms with van der Waals surface area (Å²) in [7, 11) is 0. The number of carboxylic acid groups (broad SMARTS) is 1. The zero-order valence-electron chi connectivity index (χ0n) is 10.0. The summed E-state index contributed by atoms with van der Waals surface area (Å²) in [6, 6.07) is 9.56. The molecule has 0 radical (unpaired) electrons. The maximum Gasteiger partial charge on any atom is 0.336 e. The molecule has 0 aliphatic carbocycles. The molecule has 6 heteroatoms. The first-order valence-corrected chi connectivity index (χ1v) is 8.23. The second kappa shape index (κ2) is 5.47. The van der Waals surface area contributed by atoms with Gasteiger partial charge in [0.25, 0.3) is 0 Å². The lowest BCUT2D eigenvalue weighted by atomic mass is 10.2. The van der Waals surface area contributed by atoms with E-state index in [1.807, 2.05) is 29.6 Å². The number of benzene rings is 1. The molecular formula is C14H8BrNO2S2. The summed E-state index contributed by atoms with van der Waals surface area (Å²) >= 11 is 6.46. The molecule has 0 amide bonds. The van der Waals surface area contributed by atoms with Gasteiger partial charge in [-0.05, 0) is 12.1 Å². The largest absolute Gasteiger partial charge is 0.478 e. The molecule has 100 valence electrons. The van der Waals surface area contributed by atoms with Crippen molar-refractivity contribution in [2.45, 2.75) is 0 Å². The summed E-state index contributed by atoms with van der Waals surface area (Å²) in [5.74, 6) is -0.909. The Kier molecular flexibility index (Phi) is 3.69. The predicted octanol–water partition coefficient (Wildman–Crippen LogP) is 5.00. The Hall–Kier alpha value is -1.50. The predicted molar refractivity (Wildman–Crippen MR) is 85.5 cm³/mol. The lowest BCUT2D eigenvalue weighted by molar-refractivity contribution is 0.0697. The lowest BCUT2D eigenvalue weighted by Crippen LogP contribution is -1.91. The molecule has 0 fully saturated rings. The number of carbonyl (C=O) groups is 1. The molecule has 3 nitrogen and oxygen atoms in total. The molecule has 2 heterocycles. The number of thiophene rings is 1. The van der Waals surface area contributed by atoms with Crippen LogP contribution in [0.3, 0.4) is 0 Å². The van der Waals surface area contributed by atoms with E-state index in [2.05, 4.69) is 20.9 Å². The second-order valence-electron chi connectivity index (χ2n) is 4.02. The maximum absolute atomic E-state index is 10.9. The fourth-order valence-electron chi connectivity index (χ4n) is 1.73. The molecule has 20 heavy (non-hydrogen) atoms. The number of halogens is 1. The third-order valence-corrected chi connectivity index (χ3v) is 5.23. The van der Waals surface area contributed by atoms with Gasteiger partial charge >= 0.3 is 5.97 Å². The Labute approximate surface area is 131 Å². The summed E-state index contributed by atoms with van der Waals surface area (Å²) in [6.45, 7) is 0. The van der Waals surface area contributed by atoms with E-state index in [1.54, 1.807) is 22.8 Å². The smallest absolute Gasteiger partial charge is 0.336 e. The van der Waals surface area contributed by atoms with Crippen molar-refractivity contribution in [2.75, 3.05) is 0 Å². The van der Waals surface area contributed by atoms with Gasteiger partial charge in [-0.2, -0.15) is 0 Å². The van der Waals surface area contributed by atoms with Gasteiger partial charge in [-0.25, -0.2) is 9.78 Å². The van der Waals surface area contributed by atoms with Crippen LogP contribution in [0.4, 0.5) is 0 Å². The van der Waals surface area contributed by atoms with Crippen LogP contribution in [0, 0.1) is 0 Å². The van der Waals surface area contributed by atoms with Crippen LogP contribution >= 0.6 is 38.6 Å². The first kappa shape index (κ1) is 13.5. The van der Waals surface area contributed by atoms with E-state index in [0.717, 1.165) is 25.6 Å². The van der Waals surface area contributed by atoms with Crippen molar-refractivity contribution in [3.05, 3.63) is 51.1 Å². The van der Waals surface area contributed by atoms with Crippen LogP contribution < -0.4 is 0 Å². The lowest BCUT2D eigenvalue weighted by Gasteiger charge is -1.98. The average molecular weight is 366 g/mol. The second-order valence-corrected chi connectivity index (χ2v) is 6.65. The highest BCUT2D eigenvalue weighted by Gasteiger charge is 2.12. The van der Waals surface area contributed by atoms with Crippen molar-refractivity contribution in [1.82, 2.24) is 4.98 Å². The van der Waals surface area contributed by atoms with Crippen molar-refractivity contribution < 1.29 is 9.90 Å². The van der Waals surface area contributed by atoms with Crippen LogP contribution in [0.1, 0.15) is 10.4 Å². The van der Waals surface area contributed by atoms with Crippen LogP contribution in [0.25, 0.3) is 21.1 Å². The topological polar surface area (TPSA) is 50.2 Å². The van der Waals surface area contributed by atoms with E-state index < -0.39 is 5.97 Å². The molecule has 3 aromatic rings. The SMILES string of the molecule is O=C(O)c1csc(-c2csc(-c3ccccc3Br)n2)c1. The molecule has 0 aliphatic heterocycles. The van der Waals surface area contributed by atoms with Crippen LogP contribution in [-0.4, -0.2) is 16.1 Å². The average Bonchev–Trinajstić information content (AvgIpc) is 3.08. The van der Waals surface area contributed by atoms with E-state index >= 15 is 0 Å². The van der Waals surface area contributed by atoms with Gasteiger partial charge in [-0.15, -0.1) is 22.7 Å². The molecular weight excluding hydrogens is 358 g/mol. The van der Waals surface area contributed by atoms with Crippen molar-refractivity contribution >= 4 is 44.6 Å². The molecule has 1 N–H and O–H groups in total. The number of hydrogen-bond acceptors (Lipinski definition) is 4. The number of aromatic nitrogens is 1. The monoisotopic (exact) mass is 365 g/mol. The fourth-order valence-corrected chi connectivity index (χ4v) is 4.11. The Bertz CT molecular complexity index is 779. The molecule has 0 bridgehead atoms. The standard InChI is InChI=1S/C14H8BrNO2S2/c15-10-4-2-1-3-9(10)13-16-11(7-20-13)12-5-8(6-19-12)14(17)18/h1-7H,(H,17,18). The van der Waals surface area contributed by atoms with Crippen LogP contribution in [0.15, 0.2) is 45.6 Å². The maximum atomic E-state index is 10.9. The van der Waals surface area contributed by atoms with Crippen LogP contribution in [0.2, 0.25) is 0 Å². The Morgan fingerprint density at radius 1 is 1.20 bits per heavy atom. The van der Waals surface area contributed by atoms with Gasteiger partial charge in [0.2, 0.25) is 0 Å². The number of aromatic carboxylic acids is 1. The summed E-state index contributed by atoms with van der Waals surface area (Å²) in [5, 5.41) is 13.4. The van der Waals surface area contributed by atoms with E-state index in [0.29, 0.717) is 5.56 Å². The zero-order chi connectivity index (χ0) is 14.1. The van der Waals surface area contributed by atoms with Crippen LogP contribution in [-0.2, 0) is 0 Å². The Balaban J connectivity index is 1.98. The Morgan fingerprint density at radius 3 is 2.70 bits per heavy atom. The first-order valence-electron chi connectivity index (χ1n) is 5.68. The summed E-state index contributed by atoms with van der Waals surface area (Å²) < 4.78 is 0.998. The molecule has 2 aromatic heterocycles. The third kappa shape index (κ3) is 2.54. The van der Waals surface area contributed by atoms with E-state index in [1.165, 1.54) is 11.3 Å². The van der Waals surface area contributed by atoms with Crippen molar-refractivity contribution in [3.63, 3.8) is 0 Å². The van der Waals surface area contributed by atoms with Gasteiger partial charge in [0, 0.05) is 20.8 Å². The van der Waals surface area contributed by atoms with Gasteiger partial charge in [0.1, 0.15) is 5.01 Å². The fraction of sp³-hybridized carbons (Fsp3) is 0. The molecule has 0 atom stereocenters. The van der Waals surface area contributed by atoms with Gasteiger partial charge in [0.05, 0.1) is 16.1 Å². The van der Waals surface area contributed by atoms with Crippen molar-refractivity contribution in [1.29, 1.82) is 0 Å². The van der Waals surface area contributed by atoms with Crippen LogP contribution in [0.5, 0.6) is 0 Å². The van der Waals surface area contributed by atoms with Gasteiger partial charge in [-0.3, -0.25) is 0 Å². The van der Waals surface area contributed by atoms with E-state index in [4.69, 9.17) is 5.11 Å². The number of carboxylic acids is 1. The van der Waals surface area contributed by atoms with E-state index in [-0.39, 0.29) is 0 Å². The van der Waals surface area contributed by atoms with Crippen molar-refractivity contribution in [3.8, 4) is 21.1 Å². The minimum atomic E-state index is -0.909. The normalized spacial score (nSPS) is 10.7. The summed E-state index contributed by atoms with van der Waals surface area (Å²) in [6.07, 6.45) is 0. The highest BCUT2D eigenvalue weighted by atomic mass is 79.9. The van der Waals surface area contributed by atoms with E-state index in [9.17, 15) is 4.79 Å². The summed E-state index contributed by atoms with van der Waals surface area (Å²) in [5.41, 5.74) is 2.16.